The first kappa shape index (κ1) is 34.5. The zero-order valence-electron chi connectivity index (χ0n) is 23.8. The first-order valence-electron chi connectivity index (χ1n) is 11.9. The van der Waals surface area contributed by atoms with Crippen LogP contribution in [0.1, 0.15) is 62.1 Å². The largest absolute Gasteiger partial charge is 0.465 e. The molecule has 3 aromatic carbocycles. The Morgan fingerprint density at radius 3 is 0.929 bits per heavy atom. The lowest BCUT2D eigenvalue weighted by Gasteiger charge is -2.04. The Labute approximate surface area is 242 Å². The average Bonchev–Trinajstić information content (AvgIpc) is 3.06. The van der Waals surface area contributed by atoms with E-state index >= 15 is 0 Å². The summed E-state index contributed by atoms with van der Waals surface area (Å²) in [7, 11) is 7.69. The number of rotatable bonds is 6. The molecule has 0 saturated carbocycles. The molecule has 0 aliphatic heterocycles. The van der Waals surface area contributed by atoms with Crippen molar-refractivity contribution in [1.82, 2.24) is 0 Å². The summed E-state index contributed by atoms with van der Waals surface area (Å²) in [5.74, 6) is -2.91. The van der Waals surface area contributed by atoms with Crippen LogP contribution in [0.5, 0.6) is 0 Å². The van der Waals surface area contributed by atoms with Crippen molar-refractivity contribution >= 4 is 35.8 Å². The van der Waals surface area contributed by atoms with Crippen LogP contribution in [0, 0.1) is 0 Å². The van der Waals surface area contributed by atoms with Crippen LogP contribution < -0.4 is 0 Å². The number of hydrogen-bond donors (Lipinski definition) is 0. The Morgan fingerprint density at radius 1 is 0.357 bits per heavy atom. The van der Waals surface area contributed by atoms with Crippen molar-refractivity contribution in [2.45, 2.75) is 0 Å². The third-order valence-corrected chi connectivity index (χ3v) is 5.17. The third-order valence-electron chi connectivity index (χ3n) is 5.17. The molecule has 0 N–H and O–H groups in total. The minimum Gasteiger partial charge on any atom is -0.465 e. The van der Waals surface area contributed by atoms with Crippen LogP contribution in [0.4, 0.5) is 0 Å². The Hall–Kier alpha value is -5.52. The van der Waals surface area contributed by atoms with Gasteiger partial charge >= 0.3 is 35.8 Å². The van der Waals surface area contributed by atoms with Crippen molar-refractivity contribution in [3.8, 4) is 0 Å². The molecule has 0 aliphatic carbocycles. The predicted octanol–water partition coefficient (Wildman–Crippen LogP) is 3.78. The van der Waals surface area contributed by atoms with Crippen LogP contribution in [0.15, 0.2) is 72.8 Å². The molecule has 0 radical (unpaired) electrons. The molecule has 3 aromatic rings. The van der Waals surface area contributed by atoms with Gasteiger partial charge in [-0.1, -0.05) is 18.2 Å². The van der Waals surface area contributed by atoms with Gasteiger partial charge in [0.2, 0.25) is 0 Å². The number of esters is 6. The van der Waals surface area contributed by atoms with Gasteiger partial charge in [-0.05, 0) is 54.6 Å². The highest BCUT2D eigenvalue weighted by Crippen LogP contribution is 2.11. The monoisotopic (exact) mass is 582 g/mol. The van der Waals surface area contributed by atoms with E-state index in [2.05, 4.69) is 28.4 Å². The van der Waals surface area contributed by atoms with Crippen LogP contribution in [-0.2, 0) is 28.4 Å². The lowest BCUT2D eigenvalue weighted by molar-refractivity contribution is 0.0555. The molecule has 0 aliphatic rings. The molecule has 0 aromatic heterocycles. The lowest BCUT2D eigenvalue weighted by atomic mass is 10.1. The Balaban J connectivity index is 0.000000315. The molecule has 3 rings (SSSR count). The summed E-state index contributed by atoms with van der Waals surface area (Å²) >= 11 is 0. The Bertz CT molecular complexity index is 1290. The second kappa shape index (κ2) is 17.9. The van der Waals surface area contributed by atoms with E-state index < -0.39 is 35.8 Å². The number of hydrogen-bond acceptors (Lipinski definition) is 12. The van der Waals surface area contributed by atoms with Gasteiger partial charge in [-0.15, -0.1) is 0 Å². The second-order valence-corrected chi connectivity index (χ2v) is 7.65. The molecule has 12 heteroatoms. The van der Waals surface area contributed by atoms with E-state index in [1.54, 1.807) is 30.3 Å². The van der Waals surface area contributed by atoms with Gasteiger partial charge in [-0.2, -0.15) is 0 Å². The van der Waals surface area contributed by atoms with Gasteiger partial charge < -0.3 is 28.4 Å². The number of methoxy groups -OCH3 is 6. The fourth-order valence-corrected chi connectivity index (χ4v) is 3.05. The minimum absolute atomic E-state index is 0.210. The van der Waals surface area contributed by atoms with E-state index in [9.17, 15) is 28.8 Å². The number of ether oxygens (including phenoxy) is 6. The van der Waals surface area contributed by atoms with Crippen molar-refractivity contribution in [2.75, 3.05) is 42.7 Å². The summed E-state index contributed by atoms with van der Waals surface area (Å²) in [5.41, 5.74) is 1.88. The maximum absolute atomic E-state index is 11.2. The topological polar surface area (TPSA) is 158 Å². The quantitative estimate of drug-likeness (QED) is 0.306. The van der Waals surface area contributed by atoms with Crippen LogP contribution >= 0.6 is 0 Å². The van der Waals surface area contributed by atoms with E-state index in [0.29, 0.717) is 22.3 Å². The molecule has 0 atom stereocenters. The predicted molar refractivity (Wildman–Crippen MR) is 147 cm³/mol. The fourth-order valence-electron chi connectivity index (χ4n) is 3.05. The smallest absolute Gasteiger partial charge is 0.338 e. The lowest BCUT2D eigenvalue weighted by Crippen LogP contribution is -2.11. The highest BCUT2D eigenvalue weighted by Gasteiger charge is 2.17. The molecule has 0 unspecified atom stereocenters. The second-order valence-electron chi connectivity index (χ2n) is 7.65. The van der Waals surface area contributed by atoms with Crippen molar-refractivity contribution < 1.29 is 57.2 Å². The summed E-state index contributed by atoms with van der Waals surface area (Å²) in [4.78, 5) is 66.7. The molecule has 12 nitrogen and oxygen atoms in total. The highest BCUT2D eigenvalue weighted by atomic mass is 16.5. The van der Waals surface area contributed by atoms with Gasteiger partial charge in [0.25, 0.3) is 0 Å². The zero-order chi connectivity index (χ0) is 31.7. The molecule has 0 fully saturated rings. The van der Waals surface area contributed by atoms with Crippen LogP contribution in [0.25, 0.3) is 0 Å². The van der Waals surface area contributed by atoms with E-state index in [1.807, 2.05) is 0 Å². The summed E-state index contributed by atoms with van der Waals surface area (Å²) in [6.45, 7) is 0. The molecule has 42 heavy (non-hydrogen) atoms. The van der Waals surface area contributed by atoms with E-state index in [0.717, 1.165) is 0 Å². The standard InChI is InChI=1S/3C10H10O4/c1-13-9(11)7-3-5-8(6-4-7)10(12)14-2;1-13-9(11)7-4-3-5-8(6-7)10(12)14-2;1-13-9(11)7-5-3-4-6-8(7)10(12)14-2/h3*3-6H,1-2H3. The fraction of sp³-hybridized carbons (Fsp3) is 0.200. The molecular weight excluding hydrogens is 552 g/mol. The molecule has 0 bridgehead atoms. The summed E-state index contributed by atoms with van der Waals surface area (Å²) in [6.07, 6.45) is 0. The van der Waals surface area contributed by atoms with E-state index in [4.69, 9.17) is 0 Å². The summed E-state index contributed by atoms with van der Waals surface area (Å²) in [5, 5.41) is 0. The van der Waals surface area contributed by atoms with Crippen molar-refractivity contribution in [3.05, 3.63) is 106 Å². The molecular formula is C30H30O12. The number of carbonyl (C=O) groups is 6. The first-order chi connectivity index (χ1) is 20.1. The van der Waals surface area contributed by atoms with E-state index in [-0.39, 0.29) is 11.1 Å². The van der Waals surface area contributed by atoms with Crippen LogP contribution in [0.2, 0.25) is 0 Å². The summed E-state index contributed by atoms with van der Waals surface area (Å²) in [6, 6.07) is 18.5. The van der Waals surface area contributed by atoms with Gasteiger partial charge in [-0.25, -0.2) is 28.8 Å². The maximum atomic E-state index is 11.2. The normalized spacial score (nSPS) is 9.29. The van der Waals surface area contributed by atoms with Crippen molar-refractivity contribution in [3.63, 3.8) is 0 Å². The Morgan fingerprint density at radius 2 is 0.643 bits per heavy atom. The molecule has 0 saturated heterocycles. The minimum atomic E-state index is -0.550. The zero-order valence-corrected chi connectivity index (χ0v) is 23.8. The van der Waals surface area contributed by atoms with Gasteiger partial charge in [0.1, 0.15) is 0 Å². The van der Waals surface area contributed by atoms with Gasteiger partial charge in [0.05, 0.1) is 76.0 Å². The SMILES string of the molecule is COC(=O)c1ccc(C(=O)OC)cc1.COC(=O)c1cccc(C(=O)OC)c1.COC(=O)c1ccccc1C(=O)OC. The molecule has 222 valence electrons. The molecule has 0 spiro atoms. The van der Waals surface area contributed by atoms with Gasteiger partial charge in [-0.3, -0.25) is 0 Å². The van der Waals surface area contributed by atoms with Crippen LogP contribution in [-0.4, -0.2) is 78.5 Å². The van der Waals surface area contributed by atoms with Crippen molar-refractivity contribution in [2.24, 2.45) is 0 Å². The van der Waals surface area contributed by atoms with Gasteiger partial charge in [0.15, 0.2) is 0 Å². The molecule has 0 amide bonds. The highest BCUT2D eigenvalue weighted by molar-refractivity contribution is 6.03. The summed E-state index contributed by atoms with van der Waals surface area (Å²) < 4.78 is 27.1. The van der Waals surface area contributed by atoms with Gasteiger partial charge in [0, 0.05) is 0 Å². The molecule has 0 heterocycles. The number of carbonyl (C=O) groups excluding carboxylic acids is 6. The van der Waals surface area contributed by atoms with Crippen LogP contribution in [0.3, 0.4) is 0 Å². The van der Waals surface area contributed by atoms with E-state index in [1.165, 1.54) is 85.1 Å². The number of benzene rings is 3. The Kier molecular flexibility index (Phi) is 14.7. The van der Waals surface area contributed by atoms with Crippen molar-refractivity contribution in [1.29, 1.82) is 0 Å². The average molecular weight is 583 g/mol. The maximum Gasteiger partial charge on any atom is 0.338 e. The third kappa shape index (κ3) is 10.2. The first-order valence-corrected chi connectivity index (χ1v) is 11.9.